The Balaban J connectivity index is 2.92. The molecule has 0 saturated carbocycles. The lowest BCUT2D eigenvalue weighted by atomic mass is 10.4. The fourth-order valence-electron chi connectivity index (χ4n) is 0.429. The van der Waals surface area contributed by atoms with Gasteiger partial charge in [-0.1, -0.05) is 15.9 Å². The first kappa shape index (κ1) is 5.69. The molecule has 1 rings (SSSR count). The van der Waals surface area contributed by atoms with Gasteiger partial charge in [-0.3, -0.25) is 0 Å². The molecule has 0 aliphatic rings. The molecule has 1 N–H and O–H groups in total. The summed E-state index contributed by atoms with van der Waals surface area (Å²) >= 11 is 3.17. The van der Waals surface area contributed by atoms with Crippen molar-refractivity contribution in [3.8, 4) is 5.95 Å². The summed E-state index contributed by atoms with van der Waals surface area (Å²) in [6.07, 6.45) is 1.45. The third-order valence-electron chi connectivity index (χ3n) is 0.868. The van der Waals surface area contributed by atoms with Crippen LogP contribution in [-0.2, 0) is 5.33 Å². The van der Waals surface area contributed by atoms with Crippen LogP contribution in [0, 0.1) is 0 Å². The van der Waals surface area contributed by atoms with Gasteiger partial charge in [-0.15, -0.1) is 0 Å². The van der Waals surface area contributed by atoms with Gasteiger partial charge in [-0.05, 0) is 6.07 Å². The minimum Gasteiger partial charge on any atom is -0.480 e. The van der Waals surface area contributed by atoms with Crippen LogP contribution in [0.15, 0.2) is 16.7 Å². The molecule has 0 aliphatic heterocycles. The highest BCUT2D eigenvalue weighted by Crippen LogP contribution is 2.19. The predicted octanol–water partition coefficient (Wildman–Crippen LogP) is 1.88. The van der Waals surface area contributed by atoms with Crippen molar-refractivity contribution in [2.45, 2.75) is 5.33 Å². The quantitative estimate of drug-likeness (QED) is 0.664. The van der Waals surface area contributed by atoms with Crippen molar-refractivity contribution in [2.75, 3.05) is 0 Å². The number of rotatable bonds is 1. The second-order valence-electron chi connectivity index (χ2n) is 1.38. The summed E-state index contributed by atoms with van der Waals surface area (Å²) < 4.78 is 4.58. The van der Waals surface area contributed by atoms with Gasteiger partial charge in [0.05, 0.1) is 6.26 Å². The van der Waals surface area contributed by atoms with E-state index < -0.39 is 0 Å². The smallest absolute Gasteiger partial charge is 0.285 e. The molecule has 0 bridgehead atoms. The van der Waals surface area contributed by atoms with Gasteiger partial charge in [0.1, 0.15) is 0 Å². The highest BCUT2D eigenvalue weighted by molar-refractivity contribution is 9.08. The Morgan fingerprint density at radius 1 is 1.75 bits per heavy atom. The maximum atomic E-state index is 8.75. The van der Waals surface area contributed by atoms with E-state index in [1.165, 1.54) is 6.26 Å². The van der Waals surface area contributed by atoms with Crippen LogP contribution < -0.4 is 0 Å². The third kappa shape index (κ3) is 0.865. The molecule has 3 heteroatoms. The molecule has 0 saturated heterocycles. The van der Waals surface area contributed by atoms with Crippen molar-refractivity contribution in [2.24, 2.45) is 0 Å². The van der Waals surface area contributed by atoms with Gasteiger partial charge in [0.15, 0.2) is 0 Å². The van der Waals surface area contributed by atoms with E-state index in [0.717, 1.165) is 5.56 Å². The maximum Gasteiger partial charge on any atom is 0.285 e. The van der Waals surface area contributed by atoms with Gasteiger partial charge in [0.2, 0.25) is 0 Å². The summed E-state index contributed by atoms with van der Waals surface area (Å²) in [5.74, 6) is 0.00174. The van der Waals surface area contributed by atoms with E-state index in [9.17, 15) is 0 Å². The summed E-state index contributed by atoms with van der Waals surface area (Å²) in [6, 6.07) is 1.71. The molecule has 0 unspecified atom stereocenters. The van der Waals surface area contributed by atoms with Crippen molar-refractivity contribution in [3.63, 3.8) is 0 Å². The molecular formula is C5H5BrO2. The molecule has 44 valence electrons. The van der Waals surface area contributed by atoms with Crippen molar-refractivity contribution in [1.29, 1.82) is 0 Å². The highest BCUT2D eigenvalue weighted by atomic mass is 79.9. The van der Waals surface area contributed by atoms with Gasteiger partial charge in [-0.2, -0.15) is 0 Å². The number of halogens is 1. The van der Waals surface area contributed by atoms with Crippen LogP contribution >= 0.6 is 15.9 Å². The Kier molecular flexibility index (Phi) is 1.58. The number of hydrogen-bond donors (Lipinski definition) is 1. The summed E-state index contributed by atoms with van der Waals surface area (Å²) in [6.45, 7) is 0. The van der Waals surface area contributed by atoms with Crippen molar-refractivity contribution in [1.82, 2.24) is 0 Å². The van der Waals surface area contributed by atoms with E-state index >= 15 is 0 Å². The third-order valence-corrected chi connectivity index (χ3v) is 1.47. The lowest BCUT2D eigenvalue weighted by Crippen LogP contribution is -1.66. The lowest BCUT2D eigenvalue weighted by molar-refractivity contribution is 0.329. The Bertz CT molecular complexity index is 171. The second-order valence-corrected chi connectivity index (χ2v) is 1.95. The predicted molar refractivity (Wildman–Crippen MR) is 33.0 cm³/mol. The largest absolute Gasteiger partial charge is 0.480 e. The summed E-state index contributed by atoms with van der Waals surface area (Å²) in [4.78, 5) is 0. The van der Waals surface area contributed by atoms with E-state index in [2.05, 4.69) is 20.3 Å². The molecule has 1 aromatic rings. The number of furan rings is 1. The first-order valence-corrected chi connectivity index (χ1v) is 3.28. The van der Waals surface area contributed by atoms with E-state index in [1.807, 2.05) is 0 Å². The van der Waals surface area contributed by atoms with Crippen LogP contribution in [0.25, 0.3) is 0 Å². The van der Waals surface area contributed by atoms with Crippen LogP contribution in [0.3, 0.4) is 0 Å². The molecule has 0 amide bonds. The van der Waals surface area contributed by atoms with Crippen LogP contribution in [0.5, 0.6) is 5.95 Å². The summed E-state index contributed by atoms with van der Waals surface area (Å²) in [7, 11) is 0. The van der Waals surface area contributed by atoms with Gasteiger partial charge in [0.25, 0.3) is 5.95 Å². The molecule has 8 heavy (non-hydrogen) atoms. The molecule has 0 fully saturated rings. The fourth-order valence-corrected chi connectivity index (χ4v) is 0.856. The Morgan fingerprint density at radius 3 is 2.75 bits per heavy atom. The topological polar surface area (TPSA) is 33.4 Å². The zero-order valence-electron chi connectivity index (χ0n) is 4.10. The molecule has 0 atom stereocenters. The molecule has 1 heterocycles. The molecule has 0 spiro atoms. The van der Waals surface area contributed by atoms with E-state index in [1.54, 1.807) is 6.07 Å². The minimum atomic E-state index is 0.00174. The molecule has 1 aromatic heterocycles. The average Bonchev–Trinajstić information content (AvgIpc) is 2.14. The van der Waals surface area contributed by atoms with Crippen molar-refractivity contribution in [3.05, 3.63) is 17.9 Å². The first-order chi connectivity index (χ1) is 3.84. The zero-order chi connectivity index (χ0) is 5.98. The van der Waals surface area contributed by atoms with Gasteiger partial charge < -0.3 is 9.52 Å². The molecule has 0 aromatic carbocycles. The number of alkyl halides is 1. The fraction of sp³-hybridized carbons (Fsp3) is 0.200. The monoisotopic (exact) mass is 176 g/mol. The van der Waals surface area contributed by atoms with Crippen molar-refractivity contribution >= 4 is 15.9 Å². The van der Waals surface area contributed by atoms with E-state index in [4.69, 9.17) is 5.11 Å². The van der Waals surface area contributed by atoms with Crippen LogP contribution in [0.2, 0.25) is 0 Å². The van der Waals surface area contributed by atoms with E-state index in [-0.39, 0.29) is 5.95 Å². The van der Waals surface area contributed by atoms with Gasteiger partial charge in [-0.25, -0.2) is 0 Å². The molecule has 2 nitrogen and oxygen atoms in total. The SMILES string of the molecule is Oc1occc1CBr. The first-order valence-electron chi connectivity index (χ1n) is 2.16. The highest BCUT2D eigenvalue weighted by Gasteiger charge is 1.98. The van der Waals surface area contributed by atoms with Gasteiger partial charge >= 0.3 is 0 Å². The normalized spacial score (nSPS) is 9.62. The standard InChI is InChI=1S/C5H5BrO2/c6-3-4-1-2-8-5(4)7/h1-2,7H,3H2. The molecule has 0 aliphatic carbocycles. The summed E-state index contributed by atoms with van der Waals surface area (Å²) in [5.41, 5.74) is 0.782. The van der Waals surface area contributed by atoms with Crippen molar-refractivity contribution < 1.29 is 9.52 Å². The zero-order valence-corrected chi connectivity index (χ0v) is 5.68. The minimum absolute atomic E-state index is 0.00174. The number of hydrogen-bond acceptors (Lipinski definition) is 2. The van der Waals surface area contributed by atoms with E-state index in [0.29, 0.717) is 5.33 Å². The Hall–Kier alpha value is -0.440. The van der Waals surface area contributed by atoms with Crippen LogP contribution in [0.4, 0.5) is 0 Å². The number of aromatic hydroxyl groups is 1. The van der Waals surface area contributed by atoms with Crippen LogP contribution in [-0.4, -0.2) is 5.11 Å². The Morgan fingerprint density at radius 2 is 2.50 bits per heavy atom. The Labute approximate surface area is 55.3 Å². The lowest BCUT2D eigenvalue weighted by Gasteiger charge is -1.83. The maximum absolute atomic E-state index is 8.75. The summed E-state index contributed by atoms with van der Waals surface area (Å²) in [5, 5.41) is 9.39. The van der Waals surface area contributed by atoms with Gasteiger partial charge in [0, 0.05) is 10.9 Å². The molecule has 0 radical (unpaired) electrons. The average molecular weight is 177 g/mol. The second kappa shape index (κ2) is 2.22. The molecular weight excluding hydrogens is 172 g/mol. The van der Waals surface area contributed by atoms with Crippen LogP contribution in [0.1, 0.15) is 5.56 Å².